The lowest BCUT2D eigenvalue weighted by molar-refractivity contribution is -0.763. The van der Waals surface area contributed by atoms with Gasteiger partial charge in [0.1, 0.15) is 13.2 Å². The predicted molar refractivity (Wildman–Crippen MR) is 92.3 cm³/mol. The minimum Gasteiger partial charge on any atom is -0.459 e. The highest BCUT2D eigenvalue weighted by atomic mass is 35.5. The van der Waals surface area contributed by atoms with Crippen LogP contribution in [0.4, 0.5) is 0 Å². The highest BCUT2D eigenvalue weighted by molar-refractivity contribution is 5.85. The van der Waals surface area contributed by atoms with Crippen molar-refractivity contribution in [2.75, 3.05) is 6.54 Å². The maximum Gasteiger partial charge on any atom is 0.306 e. The van der Waals surface area contributed by atoms with Gasteiger partial charge in [0.05, 0.1) is 17.8 Å². The van der Waals surface area contributed by atoms with Crippen LogP contribution >= 0.6 is 12.4 Å². The van der Waals surface area contributed by atoms with Crippen LogP contribution in [0.25, 0.3) is 0 Å². The van der Waals surface area contributed by atoms with Crippen molar-refractivity contribution in [3.05, 3.63) is 39.7 Å². The van der Waals surface area contributed by atoms with E-state index in [-0.39, 0.29) is 37.0 Å². The molecule has 0 aliphatic heterocycles. The van der Waals surface area contributed by atoms with Crippen molar-refractivity contribution < 1.29 is 19.5 Å². The summed E-state index contributed by atoms with van der Waals surface area (Å²) in [6.07, 6.45) is 5.65. The lowest BCUT2D eigenvalue weighted by Crippen LogP contribution is -2.35. The van der Waals surface area contributed by atoms with Gasteiger partial charge in [-0.05, 0) is 36.9 Å². The molecular weight excluding hydrogens is 350 g/mol. The normalized spacial score (nSPS) is 15.7. The zero-order valence-electron chi connectivity index (χ0n) is 14.0. The largest absolute Gasteiger partial charge is 0.459 e. The fourth-order valence-corrected chi connectivity index (χ4v) is 3.08. The van der Waals surface area contributed by atoms with Crippen LogP contribution in [-0.2, 0) is 27.6 Å². The Kier molecular flexibility index (Phi) is 8.57. The zero-order valence-corrected chi connectivity index (χ0v) is 14.8. The molecule has 1 saturated carbocycles. The van der Waals surface area contributed by atoms with Crippen LogP contribution in [0.5, 0.6) is 0 Å². The van der Waals surface area contributed by atoms with E-state index >= 15 is 0 Å². The summed E-state index contributed by atoms with van der Waals surface area (Å²) >= 11 is 0. The van der Waals surface area contributed by atoms with Gasteiger partial charge in [-0.25, -0.2) is 0 Å². The molecule has 1 aromatic rings. The number of halogens is 1. The summed E-state index contributed by atoms with van der Waals surface area (Å²) in [4.78, 5) is 30.8. The zero-order chi connectivity index (χ0) is 17.4. The molecule has 1 aliphatic rings. The number of aromatic nitrogens is 1. The summed E-state index contributed by atoms with van der Waals surface area (Å²) in [5.74, 6) is -0.281. The number of carbonyl (C=O) groups is 1. The fraction of sp³-hybridized carbons (Fsp3) is 0.625. The van der Waals surface area contributed by atoms with E-state index in [0.717, 1.165) is 25.7 Å². The van der Waals surface area contributed by atoms with E-state index in [1.54, 1.807) is 18.2 Å². The van der Waals surface area contributed by atoms with Gasteiger partial charge in [0.15, 0.2) is 0 Å². The number of nitrogens with zero attached hydrogens (tertiary/aromatic N) is 2. The van der Waals surface area contributed by atoms with E-state index in [0.29, 0.717) is 24.4 Å². The molecule has 0 spiro atoms. The first-order chi connectivity index (χ1) is 11.5. The quantitative estimate of drug-likeness (QED) is 0.422. The Morgan fingerprint density at radius 1 is 1.24 bits per heavy atom. The number of esters is 1. The molecule has 0 amide bonds. The van der Waals surface area contributed by atoms with Crippen LogP contribution < -0.4 is 5.73 Å². The highest BCUT2D eigenvalue weighted by Crippen LogP contribution is 2.38. The van der Waals surface area contributed by atoms with E-state index in [2.05, 4.69) is 9.82 Å². The maximum atomic E-state index is 12.1. The van der Waals surface area contributed by atoms with Crippen molar-refractivity contribution in [1.82, 2.24) is 4.98 Å². The minimum absolute atomic E-state index is 0. The number of hydrogen-bond donors (Lipinski definition) is 1. The van der Waals surface area contributed by atoms with Crippen molar-refractivity contribution in [3.63, 3.8) is 0 Å². The van der Waals surface area contributed by atoms with Crippen molar-refractivity contribution in [2.24, 2.45) is 11.1 Å². The van der Waals surface area contributed by atoms with E-state index in [4.69, 9.17) is 10.5 Å². The first-order valence-corrected chi connectivity index (χ1v) is 8.11. The smallest absolute Gasteiger partial charge is 0.306 e. The molecule has 1 fully saturated rings. The molecule has 1 aliphatic carbocycles. The molecule has 8 nitrogen and oxygen atoms in total. The van der Waals surface area contributed by atoms with Gasteiger partial charge in [-0.3, -0.25) is 9.78 Å². The summed E-state index contributed by atoms with van der Waals surface area (Å²) in [6, 6.07) is 5.00. The second-order valence-corrected chi connectivity index (χ2v) is 6.22. The Morgan fingerprint density at radius 3 is 2.48 bits per heavy atom. The van der Waals surface area contributed by atoms with Crippen LogP contribution in [0, 0.1) is 15.5 Å². The number of ether oxygens (including phenoxy) is 1. The molecule has 25 heavy (non-hydrogen) atoms. The van der Waals surface area contributed by atoms with Gasteiger partial charge < -0.3 is 15.3 Å². The summed E-state index contributed by atoms with van der Waals surface area (Å²) < 4.78 is 5.31. The molecule has 0 radical (unpaired) electrons. The standard InChI is InChI=1S/C16H23N3O5.ClH/c17-12-16(7-2-1-3-8-16)9-15(20)23-10-13-5-4-6-14(18-13)11-24-19(21)22;/h4-6H,1-3,7-12,17H2;1H. The molecule has 140 valence electrons. The van der Waals surface area contributed by atoms with Crippen molar-refractivity contribution >= 4 is 18.4 Å². The Bertz CT molecular complexity index is 579. The van der Waals surface area contributed by atoms with Gasteiger partial charge in [0.2, 0.25) is 0 Å². The Morgan fingerprint density at radius 2 is 1.88 bits per heavy atom. The Balaban J connectivity index is 0.00000312. The average molecular weight is 374 g/mol. The van der Waals surface area contributed by atoms with Crippen LogP contribution in [0.2, 0.25) is 0 Å². The highest BCUT2D eigenvalue weighted by Gasteiger charge is 2.33. The SMILES string of the molecule is Cl.NCC1(CC(=O)OCc2cccc(CO[N+](=O)[O-])n2)CCCCC1. The maximum absolute atomic E-state index is 12.1. The molecule has 0 aromatic carbocycles. The number of rotatable bonds is 8. The van der Waals surface area contributed by atoms with Crippen molar-refractivity contribution in [3.8, 4) is 0 Å². The molecule has 0 unspecified atom stereocenters. The number of nitrogens with two attached hydrogens (primary N) is 1. The molecule has 0 atom stereocenters. The van der Waals surface area contributed by atoms with Crippen molar-refractivity contribution in [2.45, 2.75) is 51.7 Å². The molecular formula is C16H24ClN3O5. The monoisotopic (exact) mass is 373 g/mol. The molecule has 1 heterocycles. The van der Waals surface area contributed by atoms with Crippen molar-refractivity contribution in [1.29, 1.82) is 0 Å². The van der Waals surface area contributed by atoms with E-state index in [9.17, 15) is 14.9 Å². The second kappa shape index (κ2) is 10.1. The Hall–Kier alpha value is -1.93. The summed E-state index contributed by atoms with van der Waals surface area (Å²) in [5.41, 5.74) is 6.68. The van der Waals surface area contributed by atoms with E-state index < -0.39 is 5.09 Å². The molecule has 0 bridgehead atoms. The van der Waals surface area contributed by atoms with Crippen LogP contribution in [0.3, 0.4) is 0 Å². The van der Waals surface area contributed by atoms with Gasteiger partial charge in [-0.1, -0.05) is 25.3 Å². The topological polar surface area (TPSA) is 118 Å². The van der Waals surface area contributed by atoms with Crippen LogP contribution in [-0.4, -0.2) is 22.6 Å². The van der Waals surface area contributed by atoms with Crippen LogP contribution in [0.15, 0.2) is 18.2 Å². The fourth-order valence-electron chi connectivity index (χ4n) is 3.08. The average Bonchev–Trinajstić information content (AvgIpc) is 2.59. The molecule has 2 rings (SSSR count). The summed E-state index contributed by atoms with van der Waals surface area (Å²) in [5, 5.41) is 9.33. The molecule has 2 N–H and O–H groups in total. The Labute approximate surface area is 152 Å². The van der Waals surface area contributed by atoms with E-state index in [1.807, 2.05) is 0 Å². The van der Waals surface area contributed by atoms with Gasteiger partial charge in [0.25, 0.3) is 5.09 Å². The second-order valence-electron chi connectivity index (χ2n) is 6.22. The number of pyridine rings is 1. The van der Waals surface area contributed by atoms with Gasteiger partial charge >= 0.3 is 5.97 Å². The lowest BCUT2D eigenvalue weighted by atomic mass is 9.72. The molecule has 9 heteroatoms. The first-order valence-electron chi connectivity index (χ1n) is 8.11. The predicted octanol–water partition coefficient (Wildman–Crippen LogP) is 2.55. The van der Waals surface area contributed by atoms with Gasteiger partial charge in [-0.2, -0.15) is 0 Å². The third-order valence-corrected chi connectivity index (χ3v) is 4.43. The summed E-state index contributed by atoms with van der Waals surface area (Å²) in [6.45, 7) is 0.297. The molecule has 1 aromatic heterocycles. The van der Waals surface area contributed by atoms with E-state index in [1.165, 1.54) is 6.42 Å². The number of hydrogen-bond acceptors (Lipinski definition) is 7. The first kappa shape index (κ1) is 21.1. The lowest BCUT2D eigenvalue weighted by Gasteiger charge is -2.35. The summed E-state index contributed by atoms with van der Waals surface area (Å²) in [7, 11) is 0. The van der Waals surface area contributed by atoms with Crippen LogP contribution in [0.1, 0.15) is 49.9 Å². The minimum atomic E-state index is -0.870. The molecule has 0 saturated heterocycles. The number of carbonyl (C=O) groups excluding carboxylic acids is 1. The third kappa shape index (κ3) is 6.83. The van der Waals surface area contributed by atoms with Gasteiger partial charge in [-0.15, -0.1) is 22.5 Å². The van der Waals surface area contributed by atoms with Gasteiger partial charge in [0, 0.05) is 0 Å². The third-order valence-electron chi connectivity index (χ3n) is 4.43.